The Balaban J connectivity index is 2.43. The molecule has 0 saturated carbocycles. The number of carbonyl (C=O) groups is 1. The summed E-state index contributed by atoms with van der Waals surface area (Å²) in [5.41, 5.74) is 0.561. The number of hydrogen-bond donors (Lipinski definition) is 1. The van der Waals surface area contributed by atoms with E-state index in [1.54, 1.807) is 31.2 Å². The normalized spacial score (nSPS) is 10.1. The van der Waals surface area contributed by atoms with Crippen LogP contribution in [-0.4, -0.2) is 20.6 Å². The third-order valence-electron chi connectivity index (χ3n) is 1.91. The molecular formula is C10H9N3O2S. The zero-order valence-corrected chi connectivity index (χ0v) is 9.31. The minimum atomic E-state index is -1.07. The largest absolute Gasteiger partial charge is 0.464 e. The molecule has 1 heterocycles. The van der Waals surface area contributed by atoms with Crippen molar-refractivity contribution in [2.24, 2.45) is 0 Å². The first-order chi connectivity index (χ1) is 7.68. The van der Waals surface area contributed by atoms with Gasteiger partial charge in [0.25, 0.3) is 0 Å². The lowest BCUT2D eigenvalue weighted by atomic mass is 10.3. The second-order valence-electron chi connectivity index (χ2n) is 3.08. The molecule has 0 radical (unpaired) electrons. The number of rotatable bonds is 2. The van der Waals surface area contributed by atoms with Gasteiger partial charge in [0.05, 0.1) is 5.69 Å². The van der Waals surface area contributed by atoms with E-state index in [1.165, 1.54) is 0 Å². The van der Waals surface area contributed by atoms with Gasteiger partial charge in [-0.2, -0.15) is 4.37 Å². The molecule has 5 nitrogen and oxygen atoms in total. The van der Waals surface area contributed by atoms with Crippen molar-refractivity contribution in [3.63, 3.8) is 0 Å². The molecule has 1 amide bonds. The average Bonchev–Trinajstić information content (AvgIpc) is 2.66. The van der Waals surface area contributed by atoms with Crippen molar-refractivity contribution in [3.8, 4) is 0 Å². The Labute approximate surface area is 96.2 Å². The molecule has 6 heteroatoms. The van der Waals surface area contributed by atoms with Gasteiger partial charge < -0.3 is 5.11 Å². The summed E-state index contributed by atoms with van der Waals surface area (Å²) in [6, 6.07) is 8.81. The van der Waals surface area contributed by atoms with Gasteiger partial charge in [0.15, 0.2) is 0 Å². The number of anilines is 2. The number of amides is 1. The molecule has 0 fully saturated rings. The summed E-state index contributed by atoms with van der Waals surface area (Å²) in [6.45, 7) is 1.73. The topological polar surface area (TPSA) is 66.3 Å². The van der Waals surface area contributed by atoms with Crippen LogP contribution in [0.1, 0.15) is 5.82 Å². The summed E-state index contributed by atoms with van der Waals surface area (Å²) in [5.74, 6) is 0.571. The van der Waals surface area contributed by atoms with Gasteiger partial charge in [-0.25, -0.2) is 14.7 Å². The van der Waals surface area contributed by atoms with Crippen molar-refractivity contribution in [1.82, 2.24) is 9.36 Å². The van der Waals surface area contributed by atoms with Crippen LogP contribution < -0.4 is 4.90 Å². The fraction of sp³-hybridized carbons (Fsp3) is 0.100. The Morgan fingerprint density at radius 1 is 1.38 bits per heavy atom. The van der Waals surface area contributed by atoms with Crippen molar-refractivity contribution in [3.05, 3.63) is 36.2 Å². The van der Waals surface area contributed by atoms with E-state index < -0.39 is 6.09 Å². The highest BCUT2D eigenvalue weighted by atomic mass is 32.1. The van der Waals surface area contributed by atoms with E-state index in [-0.39, 0.29) is 0 Å². The number of nitrogens with zero attached hydrogens (tertiary/aromatic N) is 3. The van der Waals surface area contributed by atoms with Crippen LogP contribution in [0.15, 0.2) is 30.3 Å². The van der Waals surface area contributed by atoms with Crippen molar-refractivity contribution >= 4 is 28.4 Å². The molecule has 82 valence electrons. The highest BCUT2D eigenvalue weighted by Crippen LogP contribution is 2.26. The molecule has 0 aliphatic carbocycles. The highest BCUT2D eigenvalue weighted by Gasteiger charge is 2.20. The summed E-state index contributed by atoms with van der Waals surface area (Å²) in [4.78, 5) is 16.4. The average molecular weight is 235 g/mol. The van der Waals surface area contributed by atoms with Gasteiger partial charge in [0.2, 0.25) is 5.13 Å². The van der Waals surface area contributed by atoms with Crippen LogP contribution in [0.3, 0.4) is 0 Å². The summed E-state index contributed by atoms with van der Waals surface area (Å²) in [6.07, 6.45) is -1.07. The second-order valence-corrected chi connectivity index (χ2v) is 3.81. The predicted octanol–water partition coefficient (Wildman–Crippen LogP) is 2.66. The molecule has 0 unspecified atom stereocenters. The molecule has 16 heavy (non-hydrogen) atoms. The van der Waals surface area contributed by atoms with Crippen LogP contribution in [0.2, 0.25) is 0 Å². The van der Waals surface area contributed by atoms with E-state index in [0.717, 1.165) is 16.4 Å². The standard InChI is InChI=1S/C10H9N3O2S/c1-7-11-9(16-12-7)13(10(14)15)8-5-3-2-4-6-8/h2-6H,1H3,(H,14,15). The van der Waals surface area contributed by atoms with E-state index in [2.05, 4.69) is 9.36 Å². The number of benzene rings is 1. The molecule has 2 rings (SSSR count). The summed E-state index contributed by atoms with van der Waals surface area (Å²) in [7, 11) is 0. The quantitative estimate of drug-likeness (QED) is 0.869. The van der Waals surface area contributed by atoms with Gasteiger partial charge in [-0.15, -0.1) is 0 Å². The Morgan fingerprint density at radius 2 is 2.06 bits per heavy atom. The van der Waals surface area contributed by atoms with Gasteiger partial charge in [-0.3, -0.25) is 0 Å². The molecule has 0 atom stereocenters. The van der Waals surface area contributed by atoms with E-state index in [4.69, 9.17) is 5.11 Å². The Hall–Kier alpha value is -1.95. The lowest BCUT2D eigenvalue weighted by Crippen LogP contribution is -2.23. The van der Waals surface area contributed by atoms with Crippen molar-refractivity contribution in [2.45, 2.75) is 6.92 Å². The first kappa shape index (κ1) is 10.6. The zero-order chi connectivity index (χ0) is 11.5. The van der Waals surface area contributed by atoms with E-state index in [1.807, 2.05) is 6.07 Å². The van der Waals surface area contributed by atoms with Gasteiger partial charge in [0, 0.05) is 11.5 Å². The van der Waals surface area contributed by atoms with Gasteiger partial charge in [-0.1, -0.05) is 18.2 Å². The second kappa shape index (κ2) is 4.28. The SMILES string of the molecule is Cc1nsc(N(C(=O)O)c2ccccc2)n1. The summed E-state index contributed by atoms with van der Waals surface area (Å²) >= 11 is 1.06. The molecule has 1 aromatic carbocycles. The Bertz CT molecular complexity index is 498. The van der Waals surface area contributed by atoms with Crippen LogP contribution in [0.4, 0.5) is 15.6 Å². The number of aryl methyl sites for hydroxylation is 1. The first-order valence-corrected chi connectivity index (χ1v) is 5.34. The number of carboxylic acid groups (broad SMARTS) is 1. The maximum Gasteiger partial charge on any atom is 0.418 e. The van der Waals surface area contributed by atoms with Gasteiger partial charge >= 0.3 is 6.09 Å². The van der Waals surface area contributed by atoms with Crippen LogP contribution in [0.5, 0.6) is 0 Å². The number of hydrogen-bond acceptors (Lipinski definition) is 4. The van der Waals surface area contributed by atoms with Crippen LogP contribution in [0, 0.1) is 6.92 Å². The minimum Gasteiger partial charge on any atom is -0.464 e. The fourth-order valence-electron chi connectivity index (χ4n) is 1.26. The van der Waals surface area contributed by atoms with Crippen LogP contribution in [0.25, 0.3) is 0 Å². The molecule has 0 bridgehead atoms. The maximum atomic E-state index is 11.2. The van der Waals surface area contributed by atoms with Gasteiger partial charge in [-0.05, 0) is 19.1 Å². The summed E-state index contributed by atoms with van der Waals surface area (Å²) < 4.78 is 3.97. The van der Waals surface area contributed by atoms with Crippen molar-refractivity contribution in [2.75, 3.05) is 4.90 Å². The molecule has 1 N–H and O–H groups in total. The zero-order valence-electron chi connectivity index (χ0n) is 8.49. The molecule has 1 aromatic heterocycles. The fourth-order valence-corrected chi connectivity index (χ4v) is 1.95. The lowest BCUT2D eigenvalue weighted by molar-refractivity contribution is 0.205. The van der Waals surface area contributed by atoms with Crippen molar-refractivity contribution < 1.29 is 9.90 Å². The third kappa shape index (κ3) is 2.01. The molecule has 0 saturated heterocycles. The maximum absolute atomic E-state index is 11.2. The smallest absolute Gasteiger partial charge is 0.418 e. The predicted molar refractivity (Wildman–Crippen MR) is 61.3 cm³/mol. The lowest BCUT2D eigenvalue weighted by Gasteiger charge is -2.14. The highest BCUT2D eigenvalue weighted by molar-refractivity contribution is 7.10. The Kier molecular flexibility index (Phi) is 2.82. The van der Waals surface area contributed by atoms with E-state index in [9.17, 15) is 4.79 Å². The summed E-state index contributed by atoms with van der Waals surface area (Å²) in [5, 5.41) is 9.51. The molecule has 0 spiro atoms. The minimum absolute atomic E-state index is 0.358. The monoisotopic (exact) mass is 235 g/mol. The molecule has 2 aromatic rings. The first-order valence-electron chi connectivity index (χ1n) is 4.57. The van der Waals surface area contributed by atoms with Crippen LogP contribution in [-0.2, 0) is 0 Å². The van der Waals surface area contributed by atoms with E-state index in [0.29, 0.717) is 16.6 Å². The number of aromatic nitrogens is 2. The third-order valence-corrected chi connectivity index (χ3v) is 2.71. The molecular weight excluding hydrogens is 226 g/mol. The van der Waals surface area contributed by atoms with E-state index >= 15 is 0 Å². The Morgan fingerprint density at radius 3 is 2.56 bits per heavy atom. The van der Waals surface area contributed by atoms with Crippen LogP contribution >= 0.6 is 11.5 Å². The van der Waals surface area contributed by atoms with Crippen molar-refractivity contribution in [1.29, 1.82) is 0 Å². The molecule has 0 aliphatic rings. The number of para-hydroxylation sites is 1. The molecule has 0 aliphatic heterocycles. The van der Waals surface area contributed by atoms with Gasteiger partial charge in [0.1, 0.15) is 5.82 Å².